The number of hydrogen-bond acceptors (Lipinski definition) is 5. The standard InChI is InChI=1S/C19H23NO4.ClH/c1-23-9-8-20-7-6-19-12-3-5-15(22)18(19)24-17-14(21)4-2-11(16(17)19)10-13(12)20;/h2,4,12-13,18,21H,3,5-10H2,1H3;1H/t12?,13-,18?,19+;/m1./s1. The summed E-state index contributed by atoms with van der Waals surface area (Å²) in [7, 11) is 1.75. The first kappa shape index (κ1) is 17.1. The number of aromatic hydroxyl groups is 1. The minimum Gasteiger partial charge on any atom is -0.504 e. The maximum absolute atomic E-state index is 12.6. The van der Waals surface area contributed by atoms with Gasteiger partial charge in [0.2, 0.25) is 0 Å². The Morgan fingerprint density at radius 1 is 1.44 bits per heavy atom. The summed E-state index contributed by atoms with van der Waals surface area (Å²) in [6, 6.07) is 4.20. The number of hydrogen-bond donors (Lipinski definition) is 1. The molecule has 1 aromatic carbocycles. The second-order valence-corrected chi connectivity index (χ2v) is 7.65. The molecule has 4 aliphatic rings. The van der Waals surface area contributed by atoms with Gasteiger partial charge in [-0.1, -0.05) is 6.07 Å². The summed E-state index contributed by atoms with van der Waals surface area (Å²) < 4.78 is 11.4. The molecule has 5 rings (SSSR count). The van der Waals surface area contributed by atoms with Gasteiger partial charge in [-0.05, 0) is 43.4 Å². The molecule has 136 valence electrons. The number of phenolic OH excluding ortho intramolecular Hbond substituents is 1. The number of ether oxygens (including phenoxy) is 2. The molecule has 0 amide bonds. The van der Waals surface area contributed by atoms with Gasteiger partial charge in [0.1, 0.15) is 0 Å². The Bertz CT molecular complexity index is 724. The van der Waals surface area contributed by atoms with Crippen molar-refractivity contribution in [2.24, 2.45) is 5.92 Å². The number of likely N-dealkylation sites (tertiary alicyclic amines) is 1. The molecule has 1 aromatic rings. The zero-order valence-corrected chi connectivity index (χ0v) is 15.2. The number of ketones is 1. The summed E-state index contributed by atoms with van der Waals surface area (Å²) >= 11 is 0. The maximum atomic E-state index is 12.6. The third-order valence-electron chi connectivity index (χ3n) is 6.81. The molecule has 1 spiro atoms. The molecule has 2 aliphatic carbocycles. The van der Waals surface area contributed by atoms with Crippen molar-refractivity contribution in [2.75, 3.05) is 26.8 Å². The third-order valence-corrected chi connectivity index (χ3v) is 6.81. The summed E-state index contributed by atoms with van der Waals surface area (Å²) in [4.78, 5) is 15.2. The monoisotopic (exact) mass is 365 g/mol. The van der Waals surface area contributed by atoms with E-state index in [0.717, 1.165) is 44.5 Å². The zero-order chi connectivity index (χ0) is 16.5. The van der Waals surface area contributed by atoms with Crippen molar-refractivity contribution in [2.45, 2.75) is 43.2 Å². The zero-order valence-electron chi connectivity index (χ0n) is 14.4. The highest BCUT2D eigenvalue weighted by atomic mass is 35.5. The van der Waals surface area contributed by atoms with Crippen molar-refractivity contribution < 1.29 is 19.4 Å². The molecule has 25 heavy (non-hydrogen) atoms. The van der Waals surface area contributed by atoms with E-state index < -0.39 is 6.10 Å². The van der Waals surface area contributed by atoms with Crippen LogP contribution in [0.3, 0.4) is 0 Å². The van der Waals surface area contributed by atoms with E-state index in [2.05, 4.69) is 4.90 Å². The molecule has 4 atom stereocenters. The Kier molecular flexibility index (Phi) is 4.02. The van der Waals surface area contributed by atoms with Crippen LogP contribution in [-0.4, -0.2) is 54.7 Å². The van der Waals surface area contributed by atoms with Gasteiger partial charge in [0.25, 0.3) is 0 Å². The Balaban J connectivity index is 0.00000157. The van der Waals surface area contributed by atoms with E-state index in [4.69, 9.17) is 9.47 Å². The normalized spacial score (nSPS) is 34.9. The lowest BCUT2D eigenvalue weighted by Gasteiger charge is -2.57. The van der Waals surface area contributed by atoms with Crippen LogP contribution in [0.2, 0.25) is 0 Å². The van der Waals surface area contributed by atoms with Crippen LogP contribution in [0, 0.1) is 5.92 Å². The van der Waals surface area contributed by atoms with Crippen molar-refractivity contribution >= 4 is 18.2 Å². The Morgan fingerprint density at radius 2 is 2.28 bits per heavy atom. The molecule has 0 aromatic heterocycles. The van der Waals surface area contributed by atoms with E-state index in [0.29, 0.717) is 24.1 Å². The van der Waals surface area contributed by atoms with Gasteiger partial charge in [0.05, 0.1) is 6.61 Å². The topological polar surface area (TPSA) is 59.0 Å². The van der Waals surface area contributed by atoms with E-state index in [9.17, 15) is 9.90 Å². The Morgan fingerprint density at radius 3 is 3.08 bits per heavy atom. The summed E-state index contributed by atoms with van der Waals surface area (Å²) in [6.45, 7) is 2.64. The van der Waals surface area contributed by atoms with Gasteiger partial charge in [-0.2, -0.15) is 0 Å². The number of piperidine rings is 1. The summed E-state index contributed by atoms with van der Waals surface area (Å²) in [5.41, 5.74) is 2.18. The molecular formula is C19H24ClNO4. The maximum Gasteiger partial charge on any atom is 0.174 e. The van der Waals surface area contributed by atoms with E-state index in [-0.39, 0.29) is 29.4 Å². The van der Waals surface area contributed by atoms with Crippen LogP contribution < -0.4 is 4.74 Å². The number of methoxy groups -OCH3 is 1. The van der Waals surface area contributed by atoms with Crippen LogP contribution in [0.25, 0.3) is 0 Å². The fourth-order valence-electron chi connectivity index (χ4n) is 5.89. The van der Waals surface area contributed by atoms with Gasteiger partial charge in [-0.25, -0.2) is 0 Å². The van der Waals surface area contributed by atoms with E-state index in [1.54, 1.807) is 13.2 Å². The van der Waals surface area contributed by atoms with Crippen LogP contribution in [0.15, 0.2) is 12.1 Å². The summed E-state index contributed by atoms with van der Waals surface area (Å²) in [5, 5.41) is 10.3. The lowest BCUT2D eigenvalue weighted by Crippen LogP contribution is -2.66. The molecule has 1 saturated heterocycles. The highest BCUT2D eigenvalue weighted by Crippen LogP contribution is 2.63. The molecule has 6 heteroatoms. The van der Waals surface area contributed by atoms with Gasteiger partial charge >= 0.3 is 0 Å². The smallest absolute Gasteiger partial charge is 0.174 e. The van der Waals surface area contributed by atoms with Gasteiger partial charge in [-0.3, -0.25) is 9.69 Å². The highest BCUT2D eigenvalue weighted by Gasteiger charge is 2.65. The van der Waals surface area contributed by atoms with Crippen molar-refractivity contribution in [1.29, 1.82) is 0 Å². The lowest BCUT2D eigenvalue weighted by molar-refractivity contribution is -0.139. The number of halogens is 1. The average molecular weight is 366 g/mol. The minimum absolute atomic E-state index is 0. The van der Waals surface area contributed by atoms with Gasteiger partial charge < -0.3 is 14.6 Å². The van der Waals surface area contributed by atoms with Crippen LogP contribution in [0.4, 0.5) is 0 Å². The number of nitrogens with zero attached hydrogens (tertiary/aromatic N) is 1. The van der Waals surface area contributed by atoms with Crippen molar-refractivity contribution in [1.82, 2.24) is 4.90 Å². The molecule has 1 N–H and O–H groups in total. The molecule has 1 saturated carbocycles. The molecule has 2 unspecified atom stereocenters. The average Bonchev–Trinajstić information content (AvgIpc) is 2.93. The predicted octanol–water partition coefficient (Wildman–Crippen LogP) is 2.07. The predicted molar refractivity (Wildman–Crippen MR) is 94.7 cm³/mol. The van der Waals surface area contributed by atoms with E-state index >= 15 is 0 Å². The SMILES string of the molecule is COCCN1CC[C@]23c4c5ccc(O)c4OC2C(=O)CCC3[C@H]1C5.Cl. The van der Waals surface area contributed by atoms with Gasteiger partial charge in [-0.15, -0.1) is 12.4 Å². The molecule has 2 aliphatic heterocycles. The molecule has 0 radical (unpaired) electrons. The minimum atomic E-state index is -0.398. The van der Waals surface area contributed by atoms with Crippen molar-refractivity contribution in [3.8, 4) is 11.5 Å². The first-order valence-electron chi connectivity index (χ1n) is 8.94. The quantitative estimate of drug-likeness (QED) is 0.888. The van der Waals surface area contributed by atoms with Crippen LogP contribution in [-0.2, 0) is 21.4 Å². The first-order valence-corrected chi connectivity index (χ1v) is 8.94. The molecule has 2 bridgehead atoms. The van der Waals surface area contributed by atoms with Crippen molar-refractivity contribution in [3.63, 3.8) is 0 Å². The van der Waals surface area contributed by atoms with E-state index in [1.807, 2.05) is 6.07 Å². The molecule has 2 fully saturated rings. The third kappa shape index (κ3) is 2.06. The highest BCUT2D eigenvalue weighted by molar-refractivity contribution is 5.89. The Labute approximate surface area is 153 Å². The second kappa shape index (κ2) is 5.86. The van der Waals surface area contributed by atoms with Crippen molar-refractivity contribution in [3.05, 3.63) is 23.3 Å². The Hall–Kier alpha value is -1.30. The van der Waals surface area contributed by atoms with Crippen LogP contribution in [0.5, 0.6) is 11.5 Å². The van der Waals surface area contributed by atoms with E-state index in [1.165, 1.54) is 5.56 Å². The number of phenols is 1. The second-order valence-electron chi connectivity index (χ2n) is 7.65. The molecule has 5 nitrogen and oxygen atoms in total. The fourth-order valence-corrected chi connectivity index (χ4v) is 5.89. The number of carbonyl (C=O) groups is 1. The van der Waals surface area contributed by atoms with Crippen LogP contribution >= 0.6 is 12.4 Å². The molecule has 2 heterocycles. The summed E-state index contributed by atoms with van der Waals surface area (Å²) in [6.07, 6.45) is 3.03. The van der Waals surface area contributed by atoms with Crippen LogP contribution in [0.1, 0.15) is 30.4 Å². The fraction of sp³-hybridized carbons (Fsp3) is 0.632. The van der Waals surface area contributed by atoms with Gasteiger partial charge in [0.15, 0.2) is 23.4 Å². The molecular weight excluding hydrogens is 342 g/mol. The lowest BCUT2D eigenvalue weighted by atomic mass is 9.51. The first-order chi connectivity index (χ1) is 11.7. The number of rotatable bonds is 3. The largest absolute Gasteiger partial charge is 0.504 e. The number of benzene rings is 1. The number of Topliss-reactive ketones (excluding diaryl/α,β-unsaturated/α-hetero) is 1. The number of carbonyl (C=O) groups excluding carboxylic acids is 1. The summed E-state index contributed by atoms with van der Waals surface area (Å²) in [5.74, 6) is 1.41. The van der Waals surface area contributed by atoms with Gasteiger partial charge in [0, 0.05) is 37.1 Å².